The molecule has 2 aliphatic heterocycles. The van der Waals surface area contributed by atoms with Gasteiger partial charge in [0.25, 0.3) is 0 Å². The second-order valence-corrected chi connectivity index (χ2v) is 8.89. The smallest absolute Gasteiger partial charge is 0.249 e. The van der Waals surface area contributed by atoms with Crippen LogP contribution >= 0.6 is 0 Å². The van der Waals surface area contributed by atoms with Crippen LogP contribution in [0, 0.1) is 5.92 Å². The highest BCUT2D eigenvalue weighted by Crippen LogP contribution is 2.26. The van der Waals surface area contributed by atoms with Crippen molar-refractivity contribution in [3.05, 3.63) is 57.5 Å². The molecule has 1 aliphatic carbocycles. The molecule has 7 heteroatoms. The fraction of sp³-hybridized carbons (Fsp3) is 0.500. The van der Waals surface area contributed by atoms with Gasteiger partial charge in [-0.3, -0.25) is 4.79 Å². The molecule has 7 nitrogen and oxygen atoms in total. The van der Waals surface area contributed by atoms with Crippen LogP contribution in [0.2, 0.25) is 0 Å². The Labute approximate surface area is 182 Å². The van der Waals surface area contributed by atoms with Gasteiger partial charge >= 0.3 is 0 Å². The molecule has 31 heavy (non-hydrogen) atoms. The average Bonchev–Trinajstić information content (AvgIpc) is 2.81. The third-order valence-corrected chi connectivity index (χ3v) is 6.64. The zero-order valence-corrected chi connectivity index (χ0v) is 18.0. The fourth-order valence-electron chi connectivity index (χ4n) is 4.91. The number of pyridine rings is 1. The molecule has 1 saturated heterocycles. The van der Waals surface area contributed by atoms with Crippen molar-refractivity contribution in [2.75, 3.05) is 42.9 Å². The van der Waals surface area contributed by atoms with Crippen LogP contribution in [0.3, 0.4) is 0 Å². The van der Waals surface area contributed by atoms with Crippen molar-refractivity contribution in [1.29, 1.82) is 0 Å². The molecule has 3 N–H and O–H groups in total. The Bertz CT molecular complexity index is 1050. The van der Waals surface area contributed by atoms with Crippen LogP contribution in [0.15, 0.2) is 46.2 Å². The van der Waals surface area contributed by atoms with Gasteiger partial charge in [0.05, 0.1) is 0 Å². The number of nitrogens with one attached hydrogen (secondary N) is 3. The van der Waals surface area contributed by atoms with E-state index < -0.39 is 0 Å². The summed E-state index contributed by atoms with van der Waals surface area (Å²) in [5.41, 5.74) is 2.84. The number of piperazine rings is 1. The molecule has 5 rings (SSSR count). The fourth-order valence-corrected chi connectivity index (χ4v) is 4.91. The minimum absolute atomic E-state index is 0.115. The minimum Gasteiger partial charge on any atom is -0.369 e. The van der Waals surface area contributed by atoms with E-state index in [1.54, 1.807) is 6.07 Å². The van der Waals surface area contributed by atoms with E-state index in [1.165, 1.54) is 37.8 Å². The van der Waals surface area contributed by atoms with Crippen molar-refractivity contribution in [3.8, 4) is 0 Å². The predicted molar refractivity (Wildman–Crippen MR) is 125 cm³/mol. The molecule has 0 amide bonds. The van der Waals surface area contributed by atoms with Gasteiger partial charge in [-0.2, -0.15) is 0 Å². The first kappa shape index (κ1) is 20.1. The molecule has 0 bridgehead atoms. The maximum Gasteiger partial charge on any atom is 0.249 e. The number of H-pyrrole nitrogens is 1. The van der Waals surface area contributed by atoms with Crippen molar-refractivity contribution in [3.63, 3.8) is 0 Å². The molecule has 3 aliphatic rings. The molecule has 0 radical (unpaired) electrons. The number of hydrogen-bond donors (Lipinski definition) is 3. The summed E-state index contributed by atoms with van der Waals surface area (Å²) in [4.78, 5) is 24.3. The molecule has 1 saturated carbocycles. The third kappa shape index (κ3) is 4.77. The Morgan fingerprint density at radius 1 is 1.00 bits per heavy atom. The van der Waals surface area contributed by atoms with Gasteiger partial charge in [0.15, 0.2) is 6.29 Å². The van der Waals surface area contributed by atoms with E-state index in [0.717, 1.165) is 43.6 Å². The number of aromatic amines is 1. The minimum atomic E-state index is -0.225. The van der Waals surface area contributed by atoms with E-state index in [0.29, 0.717) is 11.4 Å². The lowest BCUT2D eigenvalue weighted by Crippen LogP contribution is -2.49. The monoisotopic (exact) mass is 420 g/mol. The quantitative estimate of drug-likeness (QED) is 0.682. The number of nitrogens with zero attached hydrogens (tertiary/aromatic N) is 3. The van der Waals surface area contributed by atoms with Crippen LogP contribution in [-0.4, -0.2) is 48.9 Å². The number of aromatic nitrogens is 1. The van der Waals surface area contributed by atoms with E-state index in [9.17, 15) is 4.79 Å². The Morgan fingerprint density at radius 2 is 1.77 bits per heavy atom. The van der Waals surface area contributed by atoms with Gasteiger partial charge in [0.2, 0.25) is 5.56 Å². The van der Waals surface area contributed by atoms with Crippen LogP contribution in [0.1, 0.15) is 32.1 Å². The van der Waals surface area contributed by atoms with Gasteiger partial charge in [0.1, 0.15) is 5.49 Å². The van der Waals surface area contributed by atoms with Crippen LogP contribution < -0.4 is 31.8 Å². The number of hydrogen-bond acceptors (Lipinski definition) is 6. The largest absolute Gasteiger partial charge is 0.369 e. The number of anilines is 2. The molecule has 0 spiro atoms. The van der Waals surface area contributed by atoms with Crippen LogP contribution in [0.5, 0.6) is 0 Å². The number of benzene rings is 1. The Hall–Kier alpha value is -2.80. The summed E-state index contributed by atoms with van der Waals surface area (Å²) >= 11 is 0. The van der Waals surface area contributed by atoms with E-state index in [2.05, 4.69) is 55.9 Å². The van der Waals surface area contributed by atoms with Crippen LogP contribution in [0.4, 0.5) is 11.4 Å². The molecule has 164 valence electrons. The van der Waals surface area contributed by atoms with Gasteiger partial charge in [-0.25, -0.2) is 4.99 Å². The second kappa shape index (κ2) is 9.14. The predicted octanol–water partition coefficient (Wildman–Crippen LogP) is 1.43. The molecule has 2 fully saturated rings. The molecule has 1 atom stereocenters. The molecule has 1 aromatic carbocycles. The summed E-state index contributed by atoms with van der Waals surface area (Å²) in [5, 5.41) is 7.96. The van der Waals surface area contributed by atoms with Gasteiger partial charge in [-0.05, 0) is 49.1 Å². The standard InChI is InChI=1S/C24H32N6O/c31-22-11-6-19-17-30(16-18-4-2-1-3-5-18)24(28-23(19)27-22)26-20-7-9-21(10-8-20)29-14-12-25-13-15-29/h6-11,17-18,24-26H,1-5,12-16H2,(H,27,28,31). The molecule has 2 aromatic rings. The molecule has 3 heterocycles. The first-order valence-electron chi connectivity index (χ1n) is 11.6. The van der Waals surface area contributed by atoms with Crippen molar-refractivity contribution >= 4 is 17.6 Å². The summed E-state index contributed by atoms with van der Waals surface area (Å²) in [6, 6.07) is 12.1. The molecular weight excluding hydrogens is 388 g/mol. The van der Waals surface area contributed by atoms with E-state index in [-0.39, 0.29) is 11.8 Å². The van der Waals surface area contributed by atoms with Crippen molar-refractivity contribution < 1.29 is 0 Å². The first-order valence-corrected chi connectivity index (χ1v) is 11.6. The summed E-state index contributed by atoms with van der Waals surface area (Å²) < 4.78 is 0. The van der Waals surface area contributed by atoms with Crippen molar-refractivity contribution in [2.45, 2.75) is 38.4 Å². The maximum absolute atomic E-state index is 11.8. The first-order chi connectivity index (χ1) is 15.2. The highest BCUT2D eigenvalue weighted by molar-refractivity contribution is 5.56. The lowest BCUT2D eigenvalue weighted by atomic mass is 9.89. The highest BCUT2D eigenvalue weighted by Gasteiger charge is 2.23. The highest BCUT2D eigenvalue weighted by atomic mass is 16.1. The van der Waals surface area contributed by atoms with Crippen LogP contribution in [-0.2, 0) is 0 Å². The van der Waals surface area contributed by atoms with E-state index >= 15 is 0 Å². The van der Waals surface area contributed by atoms with Gasteiger partial charge in [0, 0.05) is 61.6 Å². The normalized spacial score (nSPS) is 21.7. The summed E-state index contributed by atoms with van der Waals surface area (Å²) in [6.07, 6.45) is 8.51. The van der Waals surface area contributed by atoms with E-state index in [1.807, 2.05) is 6.07 Å². The Morgan fingerprint density at radius 3 is 2.55 bits per heavy atom. The summed E-state index contributed by atoms with van der Waals surface area (Å²) in [5.74, 6) is 0.698. The lowest BCUT2D eigenvalue weighted by molar-refractivity contribution is 0.235. The Kier molecular flexibility index (Phi) is 5.93. The van der Waals surface area contributed by atoms with Crippen LogP contribution in [0.25, 0.3) is 6.20 Å². The lowest BCUT2D eigenvalue weighted by Gasteiger charge is -2.35. The zero-order chi connectivity index (χ0) is 21.0. The SMILES string of the molecule is O=c1ccc2c([nH]1)=NC(Nc1ccc(N3CCNCC3)cc1)N(CC1CCCCC1)C=2. The Balaban J connectivity index is 1.37. The van der Waals surface area contributed by atoms with Crippen molar-refractivity contribution in [1.82, 2.24) is 15.2 Å². The maximum atomic E-state index is 11.8. The van der Waals surface area contributed by atoms with Crippen molar-refractivity contribution in [2.24, 2.45) is 10.9 Å². The van der Waals surface area contributed by atoms with E-state index in [4.69, 9.17) is 4.99 Å². The third-order valence-electron chi connectivity index (χ3n) is 6.64. The molecule has 1 unspecified atom stereocenters. The zero-order valence-electron chi connectivity index (χ0n) is 18.0. The van der Waals surface area contributed by atoms with Gasteiger partial charge in [-0.15, -0.1) is 0 Å². The molecular formula is C24H32N6O. The number of rotatable bonds is 5. The topological polar surface area (TPSA) is 75.8 Å². The van der Waals surface area contributed by atoms with Gasteiger partial charge < -0.3 is 25.4 Å². The molecule has 1 aromatic heterocycles. The summed E-state index contributed by atoms with van der Waals surface area (Å²) in [7, 11) is 0. The average molecular weight is 421 g/mol. The van der Waals surface area contributed by atoms with Gasteiger partial charge in [-0.1, -0.05) is 19.3 Å². The summed E-state index contributed by atoms with van der Waals surface area (Å²) in [6.45, 7) is 5.13. The second-order valence-electron chi connectivity index (χ2n) is 8.89. The number of fused-ring (bicyclic) bond motifs is 1.